The maximum absolute atomic E-state index is 11.3. The summed E-state index contributed by atoms with van der Waals surface area (Å²) in [6.07, 6.45) is 6.23. The number of nitrogens with zero attached hydrogens (tertiary/aromatic N) is 3. The Balaban J connectivity index is 1.53. The Bertz CT molecular complexity index is 726. The van der Waals surface area contributed by atoms with Crippen molar-refractivity contribution in [2.24, 2.45) is 10.9 Å². The summed E-state index contributed by atoms with van der Waals surface area (Å²) in [7, 11) is 0. The van der Waals surface area contributed by atoms with E-state index in [1.807, 2.05) is 42.5 Å². The van der Waals surface area contributed by atoms with E-state index in [4.69, 9.17) is 10.5 Å². The van der Waals surface area contributed by atoms with E-state index < -0.39 is 6.09 Å². The van der Waals surface area contributed by atoms with Crippen molar-refractivity contribution in [2.45, 2.75) is 38.0 Å². The first-order valence-corrected chi connectivity index (χ1v) is 9.77. The van der Waals surface area contributed by atoms with Gasteiger partial charge >= 0.3 is 6.09 Å². The van der Waals surface area contributed by atoms with E-state index in [1.54, 1.807) is 0 Å². The molecule has 3 unspecified atom stereocenters. The van der Waals surface area contributed by atoms with Crippen molar-refractivity contribution in [3.63, 3.8) is 0 Å². The fraction of sp³-hybridized carbons (Fsp3) is 0.476. The molecule has 1 aromatic carbocycles. The number of carbonyl (C=O) groups excluding carboxylic acids is 1. The summed E-state index contributed by atoms with van der Waals surface area (Å²) < 4.78 is 5.39. The molecular formula is C21H28N4O3. The Hall–Kier alpha value is -2.51. The van der Waals surface area contributed by atoms with E-state index in [0.29, 0.717) is 18.2 Å². The third-order valence-electron chi connectivity index (χ3n) is 5.59. The van der Waals surface area contributed by atoms with Gasteiger partial charge < -0.3 is 10.5 Å². The number of amides is 1. The van der Waals surface area contributed by atoms with E-state index >= 15 is 0 Å². The third kappa shape index (κ3) is 5.27. The maximum Gasteiger partial charge on any atom is 0.405 e. The molecular weight excluding hydrogens is 356 g/mol. The van der Waals surface area contributed by atoms with Crippen molar-refractivity contribution >= 4 is 6.09 Å². The van der Waals surface area contributed by atoms with Gasteiger partial charge in [0.25, 0.3) is 0 Å². The van der Waals surface area contributed by atoms with Crippen LogP contribution in [0.4, 0.5) is 4.79 Å². The largest absolute Gasteiger partial charge is 0.441 e. The normalized spacial score (nSPS) is 22.9. The first kappa shape index (κ1) is 20.2. The highest BCUT2D eigenvalue weighted by Gasteiger charge is 2.28. The molecule has 7 nitrogen and oxygen atoms in total. The molecule has 1 aliphatic heterocycles. The third-order valence-corrected chi connectivity index (χ3v) is 5.59. The van der Waals surface area contributed by atoms with Crippen molar-refractivity contribution in [3.8, 4) is 0 Å². The summed E-state index contributed by atoms with van der Waals surface area (Å²) in [5.41, 5.74) is 6.77. The summed E-state index contributed by atoms with van der Waals surface area (Å²) >= 11 is 0. The fourth-order valence-electron chi connectivity index (χ4n) is 3.97. The van der Waals surface area contributed by atoms with Crippen LogP contribution in [-0.4, -0.2) is 54.2 Å². The first-order valence-electron chi connectivity index (χ1n) is 9.77. The summed E-state index contributed by atoms with van der Waals surface area (Å²) in [5.74, 6) is 0. The molecule has 150 valence electrons. The van der Waals surface area contributed by atoms with Gasteiger partial charge in [0.15, 0.2) is 0 Å². The summed E-state index contributed by atoms with van der Waals surface area (Å²) in [6.45, 7) is 5.99. The summed E-state index contributed by atoms with van der Waals surface area (Å²) in [5, 5.41) is 2.99. The minimum Gasteiger partial charge on any atom is -0.441 e. The molecule has 2 N–H and O–H groups in total. The zero-order chi connectivity index (χ0) is 19.9. The lowest BCUT2D eigenvalue weighted by Crippen LogP contribution is -2.52. The monoisotopic (exact) mass is 384 g/mol. The van der Waals surface area contributed by atoms with E-state index in [2.05, 4.69) is 28.0 Å². The van der Waals surface area contributed by atoms with Gasteiger partial charge in [-0.15, -0.1) is 4.91 Å². The van der Waals surface area contributed by atoms with Gasteiger partial charge in [0.1, 0.15) is 11.8 Å². The SMILES string of the molecule is CC(CC(OC(N)=O)c1ccccc1)N1CCN(C2C=CC(N=O)=CC2)CC1. The molecule has 2 aliphatic rings. The maximum atomic E-state index is 11.3. The lowest BCUT2D eigenvalue weighted by atomic mass is 10.0. The summed E-state index contributed by atoms with van der Waals surface area (Å²) in [4.78, 5) is 26.8. The molecule has 1 heterocycles. The highest BCUT2D eigenvalue weighted by atomic mass is 16.6. The number of nitroso groups, excluding NO2 is 1. The molecule has 3 rings (SSSR count). The highest BCUT2D eigenvalue weighted by molar-refractivity contribution is 5.65. The van der Waals surface area contributed by atoms with E-state index in [-0.39, 0.29) is 12.1 Å². The first-order chi connectivity index (χ1) is 13.6. The van der Waals surface area contributed by atoms with Crippen LogP contribution in [0.2, 0.25) is 0 Å². The van der Waals surface area contributed by atoms with Gasteiger partial charge in [0.2, 0.25) is 0 Å². The minimum atomic E-state index is -0.743. The van der Waals surface area contributed by atoms with Gasteiger partial charge in [-0.05, 0) is 30.2 Å². The molecule has 1 amide bonds. The number of nitrogens with two attached hydrogens (primary N) is 1. The van der Waals surface area contributed by atoms with Crippen molar-refractivity contribution in [1.82, 2.24) is 9.80 Å². The molecule has 1 fully saturated rings. The second-order valence-corrected chi connectivity index (χ2v) is 7.38. The van der Waals surface area contributed by atoms with Gasteiger partial charge in [-0.3, -0.25) is 9.80 Å². The van der Waals surface area contributed by atoms with Crippen LogP contribution in [-0.2, 0) is 4.74 Å². The van der Waals surface area contributed by atoms with Gasteiger partial charge in [-0.25, -0.2) is 4.79 Å². The number of carbonyl (C=O) groups is 1. The number of primary amides is 1. The van der Waals surface area contributed by atoms with Crippen LogP contribution in [0.3, 0.4) is 0 Å². The Labute approximate surface area is 165 Å². The van der Waals surface area contributed by atoms with E-state index in [9.17, 15) is 9.70 Å². The van der Waals surface area contributed by atoms with Gasteiger partial charge in [0.05, 0.1) is 0 Å². The van der Waals surface area contributed by atoms with Gasteiger partial charge in [-0.2, -0.15) is 0 Å². The molecule has 0 saturated carbocycles. The van der Waals surface area contributed by atoms with Crippen molar-refractivity contribution in [3.05, 3.63) is 64.7 Å². The predicted octanol–water partition coefficient (Wildman–Crippen LogP) is 3.20. The number of rotatable bonds is 7. The molecule has 0 spiro atoms. The van der Waals surface area contributed by atoms with E-state index in [0.717, 1.165) is 38.2 Å². The highest BCUT2D eigenvalue weighted by Crippen LogP contribution is 2.26. The molecule has 0 aromatic heterocycles. The standard InChI is InChI=1S/C21H28N4O3/c1-16(15-20(28-21(22)26)17-5-3-2-4-6-17)24-11-13-25(14-12-24)19-9-7-18(23-27)8-10-19/h2-9,16,19-20H,10-15H2,1H3,(H2,22,26). The molecule has 0 radical (unpaired) electrons. The number of hydrogen-bond donors (Lipinski definition) is 1. The molecule has 0 bridgehead atoms. The average Bonchev–Trinajstić information content (AvgIpc) is 2.74. The van der Waals surface area contributed by atoms with Gasteiger partial charge in [-0.1, -0.05) is 42.5 Å². The molecule has 3 atom stereocenters. The fourth-order valence-corrected chi connectivity index (χ4v) is 3.97. The number of allylic oxidation sites excluding steroid dienone is 1. The molecule has 1 saturated heterocycles. The zero-order valence-corrected chi connectivity index (χ0v) is 16.2. The molecule has 1 aromatic rings. The topological polar surface area (TPSA) is 88.2 Å². The summed E-state index contributed by atoms with van der Waals surface area (Å²) in [6, 6.07) is 10.3. The van der Waals surface area contributed by atoms with Crippen LogP contribution in [0.5, 0.6) is 0 Å². The Morgan fingerprint density at radius 3 is 2.54 bits per heavy atom. The quantitative estimate of drug-likeness (QED) is 0.730. The molecule has 28 heavy (non-hydrogen) atoms. The predicted molar refractivity (Wildman–Crippen MR) is 108 cm³/mol. The number of benzene rings is 1. The van der Waals surface area contributed by atoms with Crippen LogP contribution in [0.25, 0.3) is 0 Å². The lowest BCUT2D eigenvalue weighted by molar-refractivity contribution is 0.0485. The second-order valence-electron chi connectivity index (χ2n) is 7.38. The van der Waals surface area contributed by atoms with Crippen molar-refractivity contribution in [1.29, 1.82) is 0 Å². The Kier molecular flexibility index (Phi) is 6.95. The molecule has 7 heteroatoms. The van der Waals surface area contributed by atoms with Crippen LogP contribution in [0.1, 0.15) is 31.4 Å². The second kappa shape index (κ2) is 9.61. The van der Waals surface area contributed by atoms with Gasteiger partial charge in [0, 0.05) is 44.7 Å². The van der Waals surface area contributed by atoms with Crippen LogP contribution < -0.4 is 5.73 Å². The van der Waals surface area contributed by atoms with Crippen LogP contribution in [0.15, 0.2) is 59.4 Å². The van der Waals surface area contributed by atoms with E-state index in [1.165, 1.54) is 0 Å². The van der Waals surface area contributed by atoms with Crippen molar-refractivity contribution in [2.75, 3.05) is 26.2 Å². The minimum absolute atomic E-state index is 0.263. The number of hydrogen-bond acceptors (Lipinski definition) is 6. The van der Waals surface area contributed by atoms with Crippen LogP contribution >= 0.6 is 0 Å². The van der Waals surface area contributed by atoms with Crippen LogP contribution in [0, 0.1) is 4.91 Å². The smallest absolute Gasteiger partial charge is 0.405 e. The zero-order valence-electron chi connectivity index (χ0n) is 16.2. The Morgan fingerprint density at radius 1 is 1.25 bits per heavy atom. The molecule has 1 aliphatic carbocycles. The van der Waals surface area contributed by atoms with Crippen molar-refractivity contribution < 1.29 is 9.53 Å². The number of ether oxygens (including phenoxy) is 1. The average molecular weight is 384 g/mol. The lowest BCUT2D eigenvalue weighted by Gasteiger charge is -2.41. The number of piperazine rings is 1. The Morgan fingerprint density at radius 2 is 1.96 bits per heavy atom.